The first-order valence-corrected chi connectivity index (χ1v) is 16.6. The van der Waals surface area contributed by atoms with E-state index in [9.17, 15) is 0 Å². The Bertz CT molecular complexity index is 369. The molecular weight excluding hydrogens is 334 g/mol. The van der Waals surface area contributed by atoms with Crippen LogP contribution in [0, 0.1) is 0 Å². The molecule has 0 saturated heterocycles. The molecule has 0 aromatic carbocycles. The van der Waals surface area contributed by atoms with E-state index < -0.39 is 15.9 Å². The smallest absolute Gasteiger partial charge is 0.0568 e. The van der Waals surface area contributed by atoms with Gasteiger partial charge < -0.3 is 5.32 Å². The van der Waals surface area contributed by atoms with Gasteiger partial charge >= 0.3 is 0 Å². The molecule has 0 aromatic rings. The quantitative estimate of drug-likeness (QED) is 0.324. The summed E-state index contributed by atoms with van der Waals surface area (Å²) in [5.74, 6) is 0. The monoisotopic (exact) mass is 381 g/mol. The van der Waals surface area contributed by atoms with Gasteiger partial charge in [-0.25, -0.2) is 0 Å². The molecule has 0 bridgehead atoms. The molecule has 1 aliphatic carbocycles. The molecule has 0 spiro atoms. The molecule has 0 radical (unpaired) electrons. The molecule has 3 heteroatoms. The minimum atomic E-state index is -1.27. The van der Waals surface area contributed by atoms with Gasteiger partial charge in [-0.1, -0.05) is 89.0 Å². The predicted octanol–water partition coefficient (Wildman–Crippen LogP) is 6.79. The van der Waals surface area contributed by atoms with Gasteiger partial charge in [0.15, 0.2) is 0 Å². The second-order valence-electron chi connectivity index (χ2n) is 9.75. The Morgan fingerprint density at radius 1 is 0.960 bits per heavy atom. The normalized spacial score (nSPS) is 18.2. The fraction of sp³-hybridized carbons (Fsp3) is 0.909. The van der Waals surface area contributed by atoms with Gasteiger partial charge in [-0.3, -0.25) is 0 Å². The van der Waals surface area contributed by atoms with Crippen molar-refractivity contribution in [3.8, 4) is 0 Å². The van der Waals surface area contributed by atoms with Gasteiger partial charge in [-0.05, 0) is 39.7 Å². The van der Waals surface area contributed by atoms with Crippen LogP contribution in [0.1, 0.15) is 93.9 Å². The van der Waals surface area contributed by atoms with Crippen molar-refractivity contribution in [3.05, 3.63) is 11.3 Å². The van der Waals surface area contributed by atoms with Gasteiger partial charge in [0.1, 0.15) is 0 Å². The van der Waals surface area contributed by atoms with E-state index in [2.05, 4.69) is 66.4 Å². The Morgan fingerprint density at radius 3 is 1.92 bits per heavy atom. The van der Waals surface area contributed by atoms with Crippen molar-refractivity contribution < 1.29 is 0 Å². The summed E-state index contributed by atoms with van der Waals surface area (Å²) in [6.07, 6.45) is 8.57. The third-order valence-corrected chi connectivity index (χ3v) is 27.5. The van der Waals surface area contributed by atoms with Crippen LogP contribution in [-0.4, -0.2) is 28.5 Å². The lowest BCUT2D eigenvalue weighted by Crippen LogP contribution is -2.57. The Morgan fingerprint density at radius 2 is 1.48 bits per heavy atom. The summed E-state index contributed by atoms with van der Waals surface area (Å²) in [7, 11) is -2.13. The summed E-state index contributed by atoms with van der Waals surface area (Å²) >= 11 is 0. The van der Waals surface area contributed by atoms with E-state index in [4.69, 9.17) is 0 Å². The van der Waals surface area contributed by atoms with Crippen LogP contribution < -0.4 is 5.32 Å². The summed E-state index contributed by atoms with van der Waals surface area (Å²) in [4.78, 5) is 0. The fourth-order valence-electron chi connectivity index (χ4n) is 6.10. The minimum absolute atomic E-state index is 0.819. The fourth-order valence-corrected chi connectivity index (χ4v) is 26.8. The number of hydrogen-bond acceptors (Lipinski definition) is 1. The Hall–Kier alpha value is 0.134. The third kappa shape index (κ3) is 6.35. The second-order valence-corrected chi connectivity index (χ2v) is 22.6. The number of allylic oxidation sites excluding steroid dienone is 1. The van der Waals surface area contributed by atoms with E-state index in [-0.39, 0.29) is 0 Å². The third-order valence-electron chi connectivity index (χ3n) is 6.91. The van der Waals surface area contributed by atoms with Gasteiger partial charge in [0.2, 0.25) is 0 Å². The maximum absolute atomic E-state index is 3.89. The average Bonchev–Trinajstić information content (AvgIpc) is 2.51. The second kappa shape index (κ2) is 11.1. The molecular formula is C22H47NSi2. The number of hydrogen-bond donors (Lipinski definition) is 1. The summed E-state index contributed by atoms with van der Waals surface area (Å²) in [5.41, 5.74) is 7.10. The molecule has 0 amide bonds. The van der Waals surface area contributed by atoms with Gasteiger partial charge in [-0.2, -0.15) is 0 Å². The van der Waals surface area contributed by atoms with Gasteiger partial charge in [0.25, 0.3) is 0 Å². The molecule has 0 aliphatic heterocycles. The lowest BCUT2D eigenvalue weighted by Gasteiger charge is -2.48. The van der Waals surface area contributed by atoms with Crippen molar-refractivity contribution in [2.24, 2.45) is 0 Å². The Kier molecular flexibility index (Phi) is 10.3. The van der Waals surface area contributed by atoms with Crippen LogP contribution in [0.5, 0.6) is 0 Å². The van der Waals surface area contributed by atoms with Crippen LogP contribution in [0.15, 0.2) is 11.3 Å². The molecule has 1 fully saturated rings. The van der Waals surface area contributed by atoms with E-state index in [1.807, 2.05) is 0 Å². The van der Waals surface area contributed by atoms with Gasteiger partial charge in [-0.15, -0.1) is 5.70 Å². The van der Waals surface area contributed by atoms with Crippen molar-refractivity contribution in [3.63, 3.8) is 0 Å². The highest BCUT2D eigenvalue weighted by atomic mass is 29.2. The lowest BCUT2D eigenvalue weighted by molar-refractivity contribution is 0.374. The van der Waals surface area contributed by atoms with Crippen molar-refractivity contribution in [2.45, 2.75) is 123 Å². The van der Waals surface area contributed by atoms with E-state index in [0.717, 1.165) is 22.7 Å². The first-order valence-electron chi connectivity index (χ1n) is 11.1. The standard InChI is InChI=1S/C22H47NSi2/c1-18(2)17-24(25(19(3)4,20(5)6)21(7)8)16-12-15-23-22-13-10-9-11-14-22/h17,19-24H,9-16H2,1-8H3. The van der Waals surface area contributed by atoms with Crippen LogP contribution in [0.25, 0.3) is 0 Å². The number of nitrogens with one attached hydrogen (secondary N) is 1. The molecule has 1 saturated carbocycles. The van der Waals surface area contributed by atoms with Crippen LogP contribution in [0.2, 0.25) is 22.7 Å². The van der Waals surface area contributed by atoms with Crippen LogP contribution in [0.3, 0.4) is 0 Å². The maximum Gasteiger partial charge on any atom is 0.0568 e. The summed E-state index contributed by atoms with van der Waals surface area (Å²) in [6, 6.07) is 2.34. The molecule has 1 unspecified atom stereocenters. The lowest BCUT2D eigenvalue weighted by atomic mass is 9.95. The summed E-state index contributed by atoms with van der Waals surface area (Å²) in [5, 5.41) is 3.89. The Labute approximate surface area is 161 Å². The van der Waals surface area contributed by atoms with Crippen molar-refractivity contribution in [1.82, 2.24) is 5.32 Å². The van der Waals surface area contributed by atoms with E-state index in [1.165, 1.54) is 51.1 Å². The topological polar surface area (TPSA) is 12.0 Å². The van der Waals surface area contributed by atoms with E-state index >= 15 is 0 Å². The van der Waals surface area contributed by atoms with Crippen molar-refractivity contribution >= 4 is 15.9 Å². The molecule has 0 heterocycles. The molecule has 0 aromatic heterocycles. The van der Waals surface area contributed by atoms with Crippen molar-refractivity contribution in [1.29, 1.82) is 0 Å². The zero-order valence-corrected chi connectivity index (χ0v) is 20.8. The molecule has 1 N–H and O–H groups in total. The largest absolute Gasteiger partial charge is 0.314 e. The van der Waals surface area contributed by atoms with Crippen LogP contribution >= 0.6 is 0 Å². The highest BCUT2D eigenvalue weighted by molar-refractivity contribution is 7.36. The highest BCUT2D eigenvalue weighted by Crippen LogP contribution is 2.44. The predicted molar refractivity (Wildman–Crippen MR) is 122 cm³/mol. The minimum Gasteiger partial charge on any atom is -0.314 e. The average molecular weight is 382 g/mol. The van der Waals surface area contributed by atoms with Crippen LogP contribution in [-0.2, 0) is 0 Å². The molecule has 1 atom stereocenters. The first-order chi connectivity index (χ1) is 11.7. The van der Waals surface area contributed by atoms with Crippen LogP contribution in [0.4, 0.5) is 0 Å². The molecule has 1 rings (SSSR count). The zero-order chi connectivity index (χ0) is 19.0. The molecule has 1 nitrogen and oxygen atoms in total. The van der Waals surface area contributed by atoms with Gasteiger partial charge in [0, 0.05) is 6.04 Å². The summed E-state index contributed by atoms with van der Waals surface area (Å²) < 4.78 is 0. The van der Waals surface area contributed by atoms with E-state index in [1.54, 1.807) is 5.57 Å². The zero-order valence-electron chi connectivity index (χ0n) is 18.6. The summed E-state index contributed by atoms with van der Waals surface area (Å²) in [6.45, 7) is 21.2. The first kappa shape index (κ1) is 23.2. The van der Waals surface area contributed by atoms with E-state index in [0.29, 0.717) is 0 Å². The molecule has 1 aliphatic rings. The van der Waals surface area contributed by atoms with Crippen molar-refractivity contribution in [2.75, 3.05) is 6.54 Å². The number of rotatable bonds is 10. The highest BCUT2D eigenvalue weighted by Gasteiger charge is 2.48. The molecule has 148 valence electrons. The Balaban J connectivity index is 2.78. The molecule has 25 heavy (non-hydrogen) atoms. The van der Waals surface area contributed by atoms with Gasteiger partial charge in [0.05, 0.1) is 15.9 Å². The maximum atomic E-state index is 3.89. The SMILES string of the molecule is CC(C)=C[SiH](CCCNC1CCCCC1)[Si](C(C)C)(C(C)C)C(C)C.